The highest BCUT2D eigenvalue weighted by Crippen LogP contribution is 2.25. The molecule has 1 saturated heterocycles. The molecule has 0 amide bonds. The van der Waals surface area contributed by atoms with Gasteiger partial charge in [0.25, 0.3) is 0 Å². The van der Waals surface area contributed by atoms with Crippen LogP contribution in [0.4, 0.5) is 13.2 Å². The predicted octanol–water partition coefficient (Wildman–Crippen LogP) is 2.61. The van der Waals surface area contributed by atoms with Gasteiger partial charge in [-0.15, -0.1) is 0 Å². The zero-order valence-corrected chi connectivity index (χ0v) is 10.9. The summed E-state index contributed by atoms with van der Waals surface area (Å²) in [6, 6.07) is 3.47. The van der Waals surface area contributed by atoms with Crippen LogP contribution in [0, 0.1) is 11.6 Å². The first-order valence-corrected chi connectivity index (χ1v) is 6.40. The maximum atomic E-state index is 14.5. The molecule has 1 aromatic rings. The first-order valence-electron chi connectivity index (χ1n) is 6.40. The Morgan fingerprint density at radius 1 is 1.37 bits per heavy atom. The highest BCUT2D eigenvalue weighted by molar-refractivity contribution is 5.19. The second kappa shape index (κ2) is 5.92. The fourth-order valence-corrected chi connectivity index (χ4v) is 2.41. The molecule has 106 valence electrons. The van der Waals surface area contributed by atoms with E-state index < -0.39 is 17.3 Å². The van der Waals surface area contributed by atoms with Gasteiger partial charge in [0.05, 0.1) is 13.2 Å². The molecule has 2 nitrogen and oxygen atoms in total. The van der Waals surface area contributed by atoms with Gasteiger partial charge in [-0.1, -0.05) is 6.07 Å². The molecule has 1 aliphatic heterocycles. The van der Waals surface area contributed by atoms with Gasteiger partial charge < -0.3 is 10.1 Å². The van der Waals surface area contributed by atoms with Crippen LogP contribution in [0.1, 0.15) is 18.9 Å². The molecule has 0 bridgehead atoms. The van der Waals surface area contributed by atoms with E-state index in [2.05, 4.69) is 5.32 Å². The number of benzene rings is 1. The highest BCUT2D eigenvalue weighted by Gasteiger charge is 2.29. The molecule has 1 aliphatic rings. The van der Waals surface area contributed by atoms with Crippen molar-refractivity contribution in [2.75, 3.05) is 19.8 Å². The lowest BCUT2D eigenvalue weighted by atomic mass is 9.91. The summed E-state index contributed by atoms with van der Waals surface area (Å²) >= 11 is 0. The van der Waals surface area contributed by atoms with Crippen LogP contribution >= 0.6 is 0 Å². The van der Waals surface area contributed by atoms with E-state index in [1.54, 1.807) is 0 Å². The van der Waals surface area contributed by atoms with Gasteiger partial charge >= 0.3 is 0 Å². The van der Waals surface area contributed by atoms with Gasteiger partial charge in [-0.3, -0.25) is 0 Å². The third kappa shape index (κ3) is 4.21. The molecule has 1 aromatic carbocycles. The maximum Gasteiger partial charge on any atom is 0.159 e. The zero-order valence-electron chi connectivity index (χ0n) is 10.9. The molecule has 0 saturated carbocycles. The maximum absolute atomic E-state index is 14.5. The molecule has 1 N–H and O–H groups in total. The van der Waals surface area contributed by atoms with Gasteiger partial charge in [-0.25, -0.2) is 13.2 Å². The van der Waals surface area contributed by atoms with E-state index in [-0.39, 0.29) is 18.9 Å². The smallest absolute Gasteiger partial charge is 0.159 e. The summed E-state index contributed by atoms with van der Waals surface area (Å²) in [6.45, 7) is 3.32. The number of halogens is 3. The van der Waals surface area contributed by atoms with Crippen LogP contribution in [-0.2, 0) is 11.2 Å². The summed E-state index contributed by atoms with van der Waals surface area (Å²) in [7, 11) is 0. The minimum Gasteiger partial charge on any atom is -0.379 e. The number of hydrogen-bond donors (Lipinski definition) is 1. The van der Waals surface area contributed by atoms with Crippen LogP contribution in [0.3, 0.4) is 0 Å². The molecule has 2 unspecified atom stereocenters. The zero-order chi connectivity index (χ0) is 13.9. The third-order valence-electron chi connectivity index (χ3n) is 3.23. The second-order valence-corrected chi connectivity index (χ2v) is 5.27. The van der Waals surface area contributed by atoms with E-state index in [0.29, 0.717) is 25.3 Å². The second-order valence-electron chi connectivity index (χ2n) is 5.27. The van der Waals surface area contributed by atoms with E-state index >= 15 is 0 Å². The van der Waals surface area contributed by atoms with E-state index in [0.717, 1.165) is 12.1 Å². The van der Waals surface area contributed by atoms with Crippen molar-refractivity contribution >= 4 is 0 Å². The Hall–Kier alpha value is -1.07. The van der Waals surface area contributed by atoms with Crippen molar-refractivity contribution in [1.82, 2.24) is 5.32 Å². The number of hydrogen-bond acceptors (Lipinski definition) is 2. The number of morpholine rings is 1. The summed E-state index contributed by atoms with van der Waals surface area (Å²) in [5, 5.41) is 3.18. The normalized spacial score (nSPS) is 23.1. The number of ether oxygens (including phenoxy) is 1. The minimum atomic E-state index is -1.48. The predicted molar refractivity (Wildman–Crippen MR) is 66.8 cm³/mol. The summed E-state index contributed by atoms with van der Waals surface area (Å²) < 4.78 is 45.6. The summed E-state index contributed by atoms with van der Waals surface area (Å²) in [5.41, 5.74) is -1.02. The van der Waals surface area contributed by atoms with Crippen LogP contribution < -0.4 is 5.32 Å². The first-order chi connectivity index (χ1) is 8.96. The van der Waals surface area contributed by atoms with Crippen molar-refractivity contribution in [3.8, 4) is 0 Å². The standard InChI is InChI=1S/C14H18F3NO/c1-14(17,8-11-9-19-5-4-18-11)7-10-2-3-12(15)13(16)6-10/h2-3,6,11,18H,4-5,7-9H2,1H3. The van der Waals surface area contributed by atoms with Crippen LogP contribution in [0.15, 0.2) is 18.2 Å². The molecule has 1 heterocycles. The number of rotatable bonds is 4. The number of nitrogens with one attached hydrogen (secondary N) is 1. The fourth-order valence-electron chi connectivity index (χ4n) is 2.41. The van der Waals surface area contributed by atoms with Gasteiger partial charge in [-0.05, 0) is 31.0 Å². The van der Waals surface area contributed by atoms with Crippen molar-refractivity contribution in [2.45, 2.75) is 31.5 Å². The molecule has 0 spiro atoms. The van der Waals surface area contributed by atoms with E-state index in [4.69, 9.17) is 4.74 Å². The molecule has 1 fully saturated rings. The molecule has 2 rings (SSSR count). The lowest BCUT2D eigenvalue weighted by molar-refractivity contribution is 0.0483. The lowest BCUT2D eigenvalue weighted by Gasteiger charge is -2.30. The van der Waals surface area contributed by atoms with Gasteiger partial charge in [0.2, 0.25) is 0 Å². The molecule has 0 radical (unpaired) electrons. The minimum absolute atomic E-state index is 0.0333. The molecule has 19 heavy (non-hydrogen) atoms. The molecule has 5 heteroatoms. The van der Waals surface area contributed by atoms with Crippen molar-refractivity contribution in [1.29, 1.82) is 0 Å². The van der Waals surface area contributed by atoms with Crippen molar-refractivity contribution in [3.63, 3.8) is 0 Å². The summed E-state index contributed by atoms with van der Waals surface area (Å²) in [4.78, 5) is 0. The Morgan fingerprint density at radius 2 is 2.16 bits per heavy atom. The van der Waals surface area contributed by atoms with E-state index in [1.807, 2.05) is 0 Å². The van der Waals surface area contributed by atoms with Gasteiger partial charge in [-0.2, -0.15) is 0 Å². The van der Waals surface area contributed by atoms with Crippen molar-refractivity contribution in [3.05, 3.63) is 35.4 Å². The van der Waals surface area contributed by atoms with Crippen LogP contribution in [0.2, 0.25) is 0 Å². The highest BCUT2D eigenvalue weighted by atomic mass is 19.2. The average molecular weight is 273 g/mol. The van der Waals surface area contributed by atoms with Gasteiger partial charge in [0.1, 0.15) is 5.67 Å². The first kappa shape index (κ1) is 14.3. The van der Waals surface area contributed by atoms with Crippen LogP contribution in [0.25, 0.3) is 0 Å². The van der Waals surface area contributed by atoms with Crippen molar-refractivity contribution in [2.24, 2.45) is 0 Å². The Kier molecular flexibility index (Phi) is 4.47. The van der Waals surface area contributed by atoms with Crippen LogP contribution in [0.5, 0.6) is 0 Å². The van der Waals surface area contributed by atoms with Crippen LogP contribution in [-0.4, -0.2) is 31.5 Å². The Bertz CT molecular complexity index is 431. The average Bonchev–Trinajstić information content (AvgIpc) is 2.34. The molecular formula is C14H18F3NO. The van der Waals surface area contributed by atoms with Gasteiger partial charge in [0, 0.05) is 19.0 Å². The Morgan fingerprint density at radius 3 is 2.79 bits per heavy atom. The van der Waals surface area contributed by atoms with Gasteiger partial charge in [0.15, 0.2) is 11.6 Å². The summed E-state index contributed by atoms with van der Waals surface area (Å²) in [6.07, 6.45) is 0.342. The molecular weight excluding hydrogens is 255 g/mol. The Balaban J connectivity index is 1.96. The quantitative estimate of drug-likeness (QED) is 0.910. The van der Waals surface area contributed by atoms with E-state index in [1.165, 1.54) is 13.0 Å². The topological polar surface area (TPSA) is 21.3 Å². The number of alkyl halides is 1. The third-order valence-corrected chi connectivity index (χ3v) is 3.23. The SMILES string of the molecule is CC(F)(Cc1ccc(F)c(F)c1)CC1COCCN1. The lowest BCUT2D eigenvalue weighted by Crippen LogP contribution is -2.45. The summed E-state index contributed by atoms with van der Waals surface area (Å²) in [5.74, 6) is -1.85. The van der Waals surface area contributed by atoms with Crippen molar-refractivity contribution < 1.29 is 17.9 Å². The fraction of sp³-hybridized carbons (Fsp3) is 0.571. The molecule has 2 atom stereocenters. The largest absolute Gasteiger partial charge is 0.379 e. The van der Waals surface area contributed by atoms with E-state index in [9.17, 15) is 13.2 Å². The molecule has 0 aromatic heterocycles. The Labute approximate surface area is 111 Å². The molecule has 0 aliphatic carbocycles. The monoisotopic (exact) mass is 273 g/mol.